The van der Waals surface area contributed by atoms with Gasteiger partial charge in [-0.1, -0.05) is 6.92 Å². The van der Waals surface area contributed by atoms with Gasteiger partial charge in [-0.2, -0.15) is 4.98 Å². The van der Waals surface area contributed by atoms with Gasteiger partial charge >= 0.3 is 12.3 Å². The molecule has 2 aromatic rings. The molecule has 32 heavy (non-hydrogen) atoms. The van der Waals surface area contributed by atoms with Crippen molar-refractivity contribution in [3.05, 3.63) is 30.0 Å². The number of ether oxygens (including phenoxy) is 1. The molecule has 0 radical (unpaired) electrons. The van der Waals surface area contributed by atoms with Crippen LogP contribution in [0.2, 0.25) is 0 Å². The third-order valence-corrected chi connectivity index (χ3v) is 4.95. The predicted molar refractivity (Wildman–Crippen MR) is 111 cm³/mol. The molecular weight excluding hydrogens is 431 g/mol. The number of benzene rings is 1. The standard InChI is InChI=1S/C20H22F3N5O4/c1-5-13-17(29)27(4)14-9-24-19(26-16(14)28(13)10(2)3)25-12-7-6-11(18(30)31)8-15(12)32-20(21,22)23/h6-10,13H,5H2,1-4H3,(H,30,31)(H,24,25,26)/t13-/m1/s1. The Labute approximate surface area is 181 Å². The van der Waals surface area contributed by atoms with E-state index in [1.54, 1.807) is 7.05 Å². The number of rotatable bonds is 6. The molecule has 1 amide bonds. The van der Waals surface area contributed by atoms with Gasteiger partial charge in [-0.15, -0.1) is 13.2 Å². The molecule has 0 spiro atoms. The highest BCUT2D eigenvalue weighted by Gasteiger charge is 2.38. The molecule has 0 saturated carbocycles. The van der Waals surface area contributed by atoms with Crippen molar-refractivity contribution in [2.75, 3.05) is 22.2 Å². The molecule has 0 bridgehead atoms. The maximum atomic E-state index is 12.8. The summed E-state index contributed by atoms with van der Waals surface area (Å²) < 4.78 is 42.5. The Hall–Kier alpha value is -3.57. The van der Waals surface area contributed by atoms with Crippen LogP contribution in [-0.2, 0) is 4.79 Å². The first kappa shape index (κ1) is 23.1. The van der Waals surface area contributed by atoms with Gasteiger partial charge in [0.25, 0.3) is 0 Å². The highest BCUT2D eigenvalue weighted by Crippen LogP contribution is 2.38. The lowest BCUT2D eigenvalue weighted by atomic mass is 10.1. The first-order valence-corrected chi connectivity index (χ1v) is 9.76. The minimum absolute atomic E-state index is 0.0397. The summed E-state index contributed by atoms with van der Waals surface area (Å²) in [5.41, 5.74) is -0.0827. The van der Waals surface area contributed by atoms with Gasteiger partial charge in [0.05, 0.1) is 17.4 Å². The zero-order chi connectivity index (χ0) is 23.8. The minimum atomic E-state index is -5.03. The molecule has 1 aromatic heterocycles. The van der Waals surface area contributed by atoms with E-state index in [1.165, 1.54) is 11.1 Å². The molecule has 9 nitrogen and oxygen atoms in total. The average molecular weight is 453 g/mol. The van der Waals surface area contributed by atoms with Crippen molar-refractivity contribution in [3.63, 3.8) is 0 Å². The summed E-state index contributed by atoms with van der Waals surface area (Å²) in [5.74, 6) is -1.84. The van der Waals surface area contributed by atoms with Gasteiger partial charge in [0, 0.05) is 13.1 Å². The molecule has 0 fully saturated rings. The Morgan fingerprint density at radius 3 is 2.59 bits per heavy atom. The number of nitrogens with zero attached hydrogens (tertiary/aromatic N) is 4. The van der Waals surface area contributed by atoms with E-state index in [4.69, 9.17) is 5.11 Å². The van der Waals surface area contributed by atoms with Gasteiger partial charge in [0.2, 0.25) is 11.9 Å². The number of likely N-dealkylation sites (N-methyl/N-ethyl adjacent to an activating group) is 1. The molecular formula is C20H22F3N5O4. The zero-order valence-corrected chi connectivity index (χ0v) is 17.8. The lowest BCUT2D eigenvalue weighted by Crippen LogP contribution is -2.54. The van der Waals surface area contributed by atoms with E-state index >= 15 is 0 Å². The second-order valence-electron chi connectivity index (χ2n) is 7.41. The fourth-order valence-electron chi connectivity index (χ4n) is 3.53. The smallest absolute Gasteiger partial charge is 0.478 e. The number of aromatic nitrogens is 2. The van der Waals surface area contributed by atoms with E-state index in [9.17, 15) is 22.8 Å². The number of halogens is 3. The second kappa shape index (κ2) is 8.52. The Kier molecular flexibility index (Phi) is 6.15. The maximum Gasteiger partial charge on any atom is 0.573 e. The summed E-state index contributed by atoms with van der Waals surface area (Å²) in [7, 11) is 1.61. The van der Waals surface area contributed by atoms with E-state index in [2.05, 4.69) is 20.0 Å². The largest absolute Gasteiger partial charge is 0.573 e. The molecule has 0 unspecified atom stereocenters. The van der Waals surface area contributed by atoms with Crippen molar-refractivity contribution in [1.29, 1.82) is 0 Å². The van der Waals surface area contributed by atoms with Crippen LogP contribution < -0.4 is 19.9 Å². The lowest BCUT2D eigenvalue weighted by Gasteiger charge is -2.42. The third kappa shape index (κ3) is 4.53. The van der Waals surface area contributed by atoms with E-state index in [0.29, 0.717) is 17.9 Å². The maximum absolute atomic E-state index is 12.8. The molecule has 2 heterocycles. The Bertz CT molecular complexity index is 1040. The summed E-state index contributed by atoms with van der Waals surface area (Å²) in [6.45, 7) is 5.68. The number of carbonyl (C=O) groups is 2. The summed E-state index contributed by atoms with van der Waals surface area (Å²) in [6.07, 6.45) is -3.09. The number of fused-ring (bicyclic) bond motifs is 1. The van der Waals surface area contributed by atoms with Crippen LogP contribution >= 0.6 is 0 Å². The quantitative estimate of drug-likeness (QED) is 0.680. The van der Waals surface area contributed by atoms with E-state index in [-0.39, 0.29) is 29.1 Å². The normalized spacial score (nSPS) is 16.2. The van der Waals surface area contributed by atoms with Crippen LogP contribution in [-0.4, -0.2) is 52.4 Å². The van der Waals surface area contributed by atoms with Crippen molar-refractivity contribution in [2.45, 2.75) is 45.6 Å². The number of amides is 1. The highest BCUT2D eigenvalue weighted by atomic mass is 19.4. The fraction of sp³-hybridized carbons (Fsp3) is 0.400. The van der Waals surface area contributed by atoms with Crippen LogP contribution in [0.15, 0.2) is 24.4 Å². The molecule has 12 heteroatoms. The first-order chi connectivity index (χ1) is 14.9. The van der Waals surface area contributed by atoms with Crippen molar-refractivity contribution < 1.29 is 32.6 Å². The number of carboxylic acids is 1. The van der Waals surface area contributed by atoms with Crippen molar-refractivity contribution in [2.24, 2.45) is 0 Å². The molecule has 0 saturated heterocycles. The number of hydrogen-bond donors (Lipinski definition) is 2. The summed E-state index contributed by atoms with van der Waals surface area (Å²) in [5, 5.41) is 11.7. The molecule has 1 aliphatic heterocycles. The summed E-state index contributed by atoms with van der Waals surface area (Å²) in [4.78, 5) is 35.7. The Balaban J connectivity index is 2.04. The van der Waals surface area contributed by atoms with Crippen molar-refractivity contribution in [3.8, 4) is 5.75 Å². The van der Waals surface area contributed by atoms with Gasteiger partial charge in [-0.3, -0.25) is 4.79 Å². The Morgan fingerprint density at radius 2 is 2.03 bits per heavy atom. The van der Waals surface area contributed by atoms with Crippen LogP contribution in [0.25, 0.3) is 0 Å². The zero-order valence-electron chi connectivity index (χ0n) is 17.8. The van der Waals surface area contributed by atoms with Crippen LogP contribution in [0, 0.1) is 0 Å². The Morgan fingerprint density at radius 1 is 1.34 bits per heavy atom. The third-order valence-electron chi connectivity index (χ3n) is 4.95. The number of anilines is 4. The molecule has 3 rings (SSSR count). The number of nitrogens with one attached hydrogen (secondary N) is 1. The molecule has 1 atom stereocenters. The van der Waals surface area contributed by atoms with Crippen molar-refractivity contribution >= 4 is 35.0 Å². The van der Waals surface area contributed by atoms with Gasteiger partial charge in [0.15, 0.2) is 11.6 Å². The molecule has 1 aromatic carbocycles. The van der Waals surface area contributed by atoms with Crippen LogP contribution in [0.5, 0.6) is 5.75 Å². The predicted octanol–water partition coefficient (Wildman–Crippen LogP) is 3.79. The molecule has 0 aliphatic carbocycles. The van der Waals surface area contributed by atoms with Gasteiger partial charge in [0.1, 0.15) is 11.7 Å². The second-order valence-corrected chi connectivity index (χ2v) is 7.41. The molecule has 2 N–H and O–H groups in total. The van der Waals surface area contributed by atoms with Gasteiger partial charge in [-0.05, 0) is 38.5 Å². The van der Waals surface area contributed by atoms with Gasteiger partial charge < -0.3 is 25.0 Å². The SMILES string of the molecule is CC[C@@H]1C(=O)N(C)c2cnc(Nc3ccc(C(=O)O)cc3OC(F)(F)F)nc2N1C(C)C. The lowest BCUT2D eigenvalue weighted by molar-refractivity contribution is -0.274. The average Bonchev–Trinajstić information content (AvgIpc) is 2.70. The molecule has 1 aliphatic rings. The van der Waals surface area contributed by atoms with E-state index in [1.807, 2.05) is 25.7 Å². The van der Waals surface area contributed by atoms with Crippen LogP contribution in [0.1, 0.15) is 37.6 Å². The fourth-order valence-corrected chi connectivity index (χ4v) is 3.53. The van der Waals surface area contributed by atoms with Crippen molar-refractivity contribution in [1.82, 2.24) is 9.97 Å². The molecule has 172 valence electrons. The van der Waals surface area contributed by atoms with E-state index in [0.717, 1.165) is 18.2 Å². The summed E-state index contributed by atoms with van der Waals surface area (Å²) in [6, 6.07) is 2.49. The topological polar surface area (TPSA) is 108 Å². The first-order valence-electron chi connectivity index (χ1n) is 9.76. The number of hydrogen-bond acceptors (Lipinski definition) is 7. The number of aromatic carboxylic acids is 1. The van der Waals surface area contributed by atoms with Crippen LogP contribution in [0.3, 0.4) is 0 Å². The minimum Gasteiger partial charge on any atom is -0.478 e. The monoisotopic (exact) mass is 453 g/mol. The van der Waals surface area contributed by atoms with Crippen LogP contribution in [0.4, 0.5) is 36.3 Å². The van der Waals surface area contributed by atoms with E-state index < -0.39 is 24.1 Å². The van der Waals surface area contributed by atoms with Gasteiger partial charge in [-0.25, -0.2) is 9.78 Å². The summed E-state index contributed by atoms with van der Waals surface area (Å²) >= 11 is 0. The number of alkyl halides is 3. The highest BCUT2D eigenvalue weighted by molar-refractivity contribution is 6.04. The number of carboxylic acid groups (broad SMARTS) is 1. The number of carbonyl (C=O) groups excluding carboxylic acids is 1.